The first-order chi connectivity index (χ1) is 19.3. The molecule has 3 nitrogen and oxygen atoms in total. The molecule has 1 aliphatic carbocycles. The lowest BCUT2D eigenvalue weighted by atomic mass is 9.76. The molecule has 0 bridgehead atoms. The third-order valence-electron chi connectivity index (χ3n) is 8.91. The molecule has 2 heterocycles. The molecule has 198 valence electrons. The summed E-state index contributed by atoms with van der Waals surface area (Å²) in [7, 11) is -0.448. The first-order valence-corrected chi connectivity index (χ1v) is 14.1. The molecule has 0 spiro atoms. The van der Waals surface area contributed by atoms with Crippen LogP contribution in [0.15, 0.2) is 114 Å². The molecule has 5 aromatic rings. The van der Waals surface area contributed by atoms with Crippen molar-refractivity contribution in [2.24, 2.45) is 0 Å². The quantitative estimate of drug-likeness (QED) is 0.221. The highest BCUT2D eigenvalue weighted by Gasteiger charge is 2.52. The average molecular weight is 524 g/mol. The monoisotopic (exact) mass is 524 g/mol. The van der Waals surface area contributed by atoms with Gasteiger partial charge in [0.1, 0.15) is 11.2 Å². The van der Waals surface area contributed by atoms with E-state index in [1.165, 1.54) is 27.8 Å². The summed E-state index contributed by atoms with van der Waals surface area (Å²) in [6, 6.07) is 32.2. The van der Waals surface area contributed by atoms with Gasteiger partial charge in [0.25, 0.3) is 0 Å². The van der Waals surface area contributed by atoms with E-state index in [-0.39, 0.29) is 0 Å². The standard InChI is InChI=1S/C36H33BO3/c1-35(2)36(3,4)40-37(39-35)31-17-10-18-33-34(31)30-23-29(19-20-32(30)38-33)28-16-9-15-27(22-28)26-14-8-13-25(21-26)24-11-6-5-7-12-24/h5-21,23,27H,22H2,1-4H3. The van der Waals surface area contributed by atoms with Crippen LogP contribution in [0.2, 0.25) is 0 Å². The van der Waals surface area contributed by atoms with Gasteiger partial charge >= 0.3 is 7.12 Å². The molecule has 4 aromatic carbocycles. The van der Waals surface area contributed by atoms with Gasteiger partial charge in [0.05, 0.1) is 11.2 Å². The fraction of sp³-hybridized carbons (Fsp3) is 0.222. The van der Waals surface area contributed by atoms with Gasteiger partial charge in [-0.2, -0.15) is 0 Å². The number of rotatable bonds is 4. The second-order valence-corrected chi connectivity index (χ2v) is 12.0. The van der Waals surface area contributed by atoms with Crippen LogP contribution >= 0.6 is 0 Å². The summed E-state index contributed by atoms with van der Waals surface area (Å²) in [5, 5.41) is 2.16. The molecule has 1 aromatic heterocycles. The van der Waals surface area contributed by atoms with Gasteiger partial charge in [-0.15, -0.1) is 0 Å². The van der Waals surface area contributed by atoms with Crippen LogP contribution in [-0.2, 0) is 9.31 Å². The number of hydrogen-bond donors (Lipinski definition) is 0. The molecule has 1 atom stereocenters. The Kier molecular flexibility index (Phi) is 5.88. The van der Waals surface area contributed by atoms with Crippen molar-refractivity contribution in [3.8, 4) is 11.1 Å². The van der Waals surface area contributed by atoms with Gasteiger partial charge in [-0.1, -0.05) is 91.0 Å². The van der Waals surface area contributed by atoms with E-state index in [1.807, 2.05) is 12.1 Å². The Balaban J connectivity index is 1.23. The van der Waals surface area contributed by atoms with Crippen LogP contribution in [0.4, 0.5) is 0 Å². The molecule has 1 saturated heterocycles. The molecule has 7 rings (SSSR count). The molecule has 0 amide bonds. The number of furan rings is 1. The van der Waals surface area contributed by atoms with Gasteiger partial charge in [0.15, 0.2) is 0 Å². The number of fused-ring (bicyclic) bond motifs is 3. The molecule has 1 fully saturated rings. The minimum absolute atomic E-state index is 0.320. The Bertz CT molecular complexity index is 1780. The molecular formula is C36H33BO3. The molecule has 0 N–H and O–H groups in total. The van der Waals surface area contributed by atoms with Gasteiger partial charge in [-0.3, -0.25) is 0 Å². The lowest BCUT2D eigenvalue weighted by molar-refractivity contribution is 0.00578. The maximum Gasteiger partial charge on any atom is 0.495 e. The Labute approximate surface area is 236 Å². The SMILES string of the molecule is CC1(C)OB(c2cccc3oc4ccc(C5=CC=CC(c6cccc(-c7ccccc7)c6)C5)cc4c23)OC1(C)C. The van der Waals surface area contributed by atoms with Crippen molar-refractivity contribution in [3.63, 3.8) is 0 Å². The topological polar surface area (TPSA) is 31.6 Å². The summed E-state index contributed by atoms with van der Waals surface area (Å²) in [5.74, 6) is 0.320. The summed E-state index contributed by atoms with van der Waals surface area (Å²) in [6.07, 6.45) is 7.71. The van der Waals surface area contributed by atoms with Gasteiger partial charge in [0.2, 0.25) is 0 Å². The first kappa shape index (κ1) is 25.1. The summed E-state index contributed by atoms with van der Waals surface area (Å²) >= 11 is 0. The highest BCUT2D eigenvalue weighted by molar-refractivity contribution is 6.66. The summed E-state index contributed by atoms with van der Waals surface area (Å²) in [4.78, 5) is 0. The summed E-state index contributed by atoms with van der Waals surface area (Å²) in [6.45, 7) is 8.36. The van der Waals surface area contributed by atoms with Crippen LogP contribution in [0, 0.1) is 0 Å². The van der Waals surface area contributed by atoms with Crippen LogP contribution in [0.25, 0.3) is 38.6 Å². The van der Waals surface area contributed by atoms with Crippen LogP contribution in [0.1, 0.15) is 51.2 Å². The van der Waals surface area contributed by atoms with Crippen molar-refractivity contribution in [2.75, 3.05) is 0 Å². The number of benzene rings is 4. The third-order valence-corrected chi connectivity index (χ3v) is 8.91. The molecule has 0 saturated carbocycles. The highest BCUT2D eigenvalue weighted by atomic mass is 16.7. The van der Waals surface area contributed by atoms with E-state index in [4.69, 9.17) is 13.7 Å². The Morgan fingerprint density at radius 2 is 1.45 bits per heavy atom. The molecule has 4 heteroatoms. The lowest BCUT2D eigenvalue weighted by Crippen LogP contribution is -2.41. The fourth-order valence-corrected chi connectivity index (χ4v) is 5.92. The highest BCUT2D eigenvalue weighted by Crippen LogP contribution is 2.40. The van der Waals surface area contributed by atoms with Crippen molar-refractivity contribution in [1.29, 1.82) is 0 Å². The van der Waals surface area contributed by atoms with Crippen molar-refractivity contribution < 1.29 is 13.7 Å². The maximum absolute atomic E-state index is 6.44. The normalized spacial score (nSPS) is 19.9. The Hall–Kier alpha value is -3.86. The first-order valence-electron chi connectivity index (χ1n) is 14.1. The molecular weight excluding hydrogens is 491 g/mol. The minimum atomic E-state index is -0.448. The zero-order valence-electron chi connectivity index (χ0n) is 23.5. The second kappa shape index (κ2) is 9.37. The van der Waals surface area contributed by atoms with Gasteiger partial charge in [0, 0.05) is 16.7 Å². The Morgan fingerprint density at radius 3 is 2.25 bits per heavy atom. The van der Waals surface area contributed by atoms with E-state index >= 15 is 0 Å². The van der Waals surface area contributed by atoms with Crippen LogP contribution in [0.5, 0.6) is 0 Å². The van der Waals surface area contributed by atoms with E-state index in [1.54, 1.807) is 0 Å². The van der Waals surface area contributed by atoms with E-state index in [0.29, 0.717) is 5.92 Å². The van der Waals surface area contributed by atoms with Crippen molar-refractivity contribution in [1.82, 2.24) is 0 Å². The lowest BCUT2D eigenvalue weighted by Gasteiger charge is -2.32. The zero-order valence-corrected chi connectivity index (χ0v) is 23.5. The summed E-state index contributed by atoms with van der Waals surface area (Å²) in [5.41, 5.74) is 8.30. The Morgan fingerprint density at radius 1 is 0.700 bits per heavy atom. The molecule has 0 radical (unpaired) electrons. The predicted molar refractivity (Wildman–Crippen MR) is 166 cm³/mol. The van der Waals surface area contributed by atoms with E-state index in [9.17, 15) is 0 Å². The van der Waals surface area contributed by atoms with Crippen LogP contribution in [-0.4, -0.2) is 18.3 Å². The second-order valence-electron chi connectivity index (χ2n) is 12.0. The van der Waals surface area contributed by atoms with Gasteiger partial charge in [-0.25, -0.2) is 0 Å². The van der Waals surface area contributed by atoms with Crippen molar-refractivity contribution in [2.45, 2.75) is 51.2 Å². The van der Waals surface area contributed by atoms with Gasteiger partial charge in [-0.05, 0) is 85.6 Å². The smallest absolute Gasteiger partial charge is 0.456 e. The largest absolute Gasteiger partial charge is 0.495 e. The van der Waals surface area contributed by atoms with E-state index in [0.717, 1.165) is 33.8 Å². The molecule has 2 aliphatic rings. The zero-order chi connectivity index (χ0) is 27.5. The van der Waals surface area contributed by atoms with Crippen molar-refractivity contribution in [3.05, 3.63) is 120 Å². The molecule has 40 heavy (non-hydrogen) atoms. The summed E-state index contributed by atoms with van der Waals surface area (Å²) < 4.78 is 19.2. The maximum atomic E-state index is 6.44. The van der Waals surface area contributed by atoms with E-state index in [2.05, 4.69) is 125 Å². The average Bonchev–Trinajstić information content (AvgIpc) is 3.45. The van der Waals surface area contributed by atoms with E-state index < -0.39 is 18.3 Å². The van der Waals surface area contributed by atoms with Crippen LogP contribution < -0.4 is 5.46 Å². The van der Waals surface area contributed by atoms with Crippen molar-refractivity contribution >= 4 is 40.1 Å². The fourth-order valence-electron chi connectivity index (χ4n) is 5.92. The third kappa shape index (κ3) is 4.23. The number of allylic oxidation sites excluding steroid dienone is 4. The van der Waals surface area contributed by atoms with Crippen LogP contribution in [0.3, 0.4) is 0 Å². The minimum Gasteiger partial charge on any atom is -0.456 e. The predicted octanol–water partition coefficient (Wildman–Crippen LogP) is 8.68. The number of hydrogen-bond acceptors (Lipinski definition) is 3. The van der Waals surface area contributed by atoms with Gasteiger partial charge < -0.3 is 13.7 Å². The molecule has 1 unspecified atom stereocenters. The molecule has 1 aliphatic heterocycles.